The normalized spacial score (nSPS) is 16.8. The van der Waals surface area contributed by atoms with Gasteiger partial charge >= 0.3 is 5.97 Å². The summed E-state index contributed by atoms with van der Waals surface area (Å²) < 4.78 is 48.6. The molecule has 12 nitrogen and oxygen atoms in total. The third-order valence-electron chi connectivity index (χ3n) is 8.52. The van der Waals surface area contributed by atoms with E-state index < -0.39 is 56.7 Å². The highest BCUT2D eigenvalue weighted by atomic mass is 32.2. The highest BCUT2D eigenvalue weighted by Crippen LogP contribution is 2.44. The number of anilines is 3. The summed E-state index contributed by atoms with van der Waals surface area (Å²) in [5, 5.41) is 16.6. The molecule has 258 valence electrons. The number of aromatic nitrogens is 1. The smallest absolute Gasteiger partial charge is 0.309 e. The van der Waals surface area contributed by atoms with Crippen molar-refractivity contribution in [2.75, 3.05) is 29.5 Å². The topological polar surface area (TPSA) is 181 Å². The number of carboxylic acid groups (broad SMARTS) is 1. The minimum Gasteiger partial charge on any atom is -0.494 e. The number of pyridine rings is 1. The van der Waals surface area contributed by atoms with Crippen molar-refractivity contribution in [1.29, 1.82) is 0 Å². The first-order valence-corrected chi connectivity index (χ1v) is 17.3. The molecule has 14 heteroatoms. The average molecular weight is 692 g/mol. The zero-order chi connectivity index (χ0) is 35.6. The van der Waals surface area contributed by atoms with Crippen LogP contribution in [0, 0.1) is 11.7 Å². The number of ether oxygens (including phenoxy) is 1. The summed E-state index contributed by atoms with van der Waals surface area (Å²) in [5.74, 6) is -3.69. The average Bonchev–Trinajstić information content (AvgIpc) is 3.50. The number of nitrogens with two attached hydrogens (primary N) is 1. The molecule has 0 saturated carbocycles. The zero-order valence-corrected chi connectivity index (χ0v) is 28.3. The van der Waals surface area contributed by atoms with Gasteiger partial charge in [0.25, 0.3) is 0 Å². The maximum absolute atomic E-state index is 15.7. The van der Waals surface area contributed by atoms with Crippen LogP contribution in [0.4, 0.5) is 21.6 Å². The second kappa shape index (κ2) is 14.1. The van der Waals surface area contributed by atoms with Crippen molar-refractivity contribution in [2.45, 2.75) is 56.3 Å². The lowest BCUT2D eigenvalue weighted by Gasteiger charge is -2.33. The summed E-state index contributed by atoms with van der Waals surface area (Å²) in [6.07, 6.45) is 1.53. The maximum Gasteiger partial charge on any atom is 0.309 e. The van der Waals surface area contributed by atoms with Crippen LogP contribution in [0.25, 0.3) is 10.8 Å². The molecular formula is C35H38FN5O7S. The molecule has 3 aromatic carbocycles. The van der Waals surface area contributed by atoms with Crippen LogP contribution in [0.15, 0.2) is 71.8 Å². The van der Waals surface area contributed by atoms with E-state index in [0.717, 1.165) is 0 Å². The van der Waals surface area contributed by atoms with E-state index in [-0.39, 0.29) is 41.3 Å². The first kappa shape index (κ1) is 35.1. The number of nitrogen functional groups attached to an aromatic ring is 1. The number of carboxylic acids is 1. The quantitative estimate of drug-likeness (QED) is 0.161. The molecule has 1 aliphatic rings. The lowest BCUT2D eigenvalue weighted by atomic mass is 9.92. The second-order valence-electron chi connectivity index (χ2n) is 12.1. The Kier molecular flexibility index (Phi) is 10.1. The molecule has 5 N–H and O–H groups in total. The molecule has 2 heterocycles. The van der Waals surface area contributed by atoms with E-state index in [4.69, 9.17) is 10.5 Å². The molecular weight excluding hydrogens is 653 g/mol. The van der Waals surface area contributed by atoms with Crippen LogP contribution in [0.3, 0.4) is 0 Å². The van der Waals surface area contributed by atoms with Gasteiger partial charge in [-0.15, -0.1) is 0 Å². The summed E-state index contributed by atoms with van der Waals surface area (Å²) in [5.41, 5.74) is 6.66. The van der Waals surface area contributed by atoms with Gasteiger partial charge in [0.2, 0.25) is 11.8 Å². The zero-order valence-electron chi connectivity index (χ0n) is 27.4. The van der Waals surface area contributed by atoms with E-state index in [9.17, 15) is 27.9 Å². The number of nitrogens with zero attached hydrogens (tertiary/aromatic N) is 2. The van der Waals surface area contributed by atoms with E-state index in [1.165, 1.54) is 68.3 Å². The van der Waals surface area contributed by atoms with Crippen LogP contribution in [-0.4, -0.2) is 59.6 Å². The molecule has 0 radical (unpaired) electrons. The molecule has 0 aliphatic carbocycles. The van der Waals surface area contributed by atoms with E-state index in [0.29, 0.717) is 28.0 Å². The first-order chi connectivity index (χ1) is 23.2. The van der Waals surface area contributed by atoms with Crippen LogP contribution in [0.2, 0.25) is 0 Å². The molecule has 2 amide bonds. The summed E-state index contributed by atoms with van der Waals surface area (Å²) in [6, 6.07) is 12.3. The van der Waals surface area contributed by atoms with Gasteiger partial charge < -0.3 is 31.1 Å². The number of aliphatic carboxylic acids is 1. The van der Waals surface area contributed by atoms with Gasteiger partial charge in [-0.25, -0.2) is 17.8 Å². The predicted octanol–water partition coefficient (Wildman–Crippen LogP) is 5.32. The van der Waals surface area contributed by atoms with Crippen molar-refractivity contribution in [1.82, 2.24) is 9.88 Å². The monoisotopic (exact) mass is 691 g/mol. The number of rotatable bonds is 11. The van der Waals surface area contributed by atoms with Crippen LogP contribution in [0.5, 0.6) is 5.75 Å². The number of benzene rings is 3. The fraction of sp³-hybridized carbons (Fsp3) is 0.314. The third-order valence-corrected chi connectivity index (χ3v) is 10.7. The standard InChI is InChI=1S/C35H38FN5O7S/c1-5-48-24-8-10-29(36)27(18-24)31(40-22-6-9-25-21(16-22)12-14-38-33(25)37)34(43)41-15-13-26(35(44)45)32(41)28-17-23(39-20(4)42)7-11-30(28)49(46,47)19(2)3/h6-12,14,16-19,26,31-32,40H,5,13,15H2,1-4H3,(H2,37,38)(H,39,42)(H,44,45). The molecule has 1 saturated heterocycles. The van der Waals surface area contributed by atoms with Gasteiger partial charge in [0.15, 0.2) is 9.84 Å². The van der Waals surface area contributed by atoms with E-state index in [1.807, 2.05) is 0 Å². The van der Waals surface area contributed by atoms with E-state index >= 15 is 4.39 Å². The van der Waals surface area contributed by atoms with Crippen molar-refractivity contribution in [3.63, 3.8) is 0 Å². The SMILES string of the molecule is CCOc1ccc(F)c(C(Nc2ccc3c(N)nccc3c2)C(=O)N2CCC(C(=O)O)C2c2cc(NC(C)=O)ccc2S(=O)(=O)C(C)C)c1. The summed E-state index contributed by atoms with van der Waals surface area (Å²) in [4.78, 5) is 44.7. The van der Waals surface area contributed by atoms with Gasteiger partial charge in [-0.2, -0.15) is 0 Å². The Morgan fingerprint density at radius 2 is 1.82 bits per heavy atom. The second-order valence-corrected chi connectivity index (χ2v) is 14.5. The minimum atomic E-state index is -4.00. The minimum absolute atomic E-state index is 0.00624. The molecule has 49 heavy (non-hydrogen) atoms. The molecule has 1 aromatic heterocycles. The Labute approximate surface area is 283 Å². The fourth-order valence-electron chi connectivity index (χ4n) is 6.15. The molecule has 3 unspecified atom stereocenters. The van der Waals surface area contributed by atoms with Crippen LogP contribution in [0.1, 0.15) is 57.3 Å². The number of hydrogen-bond acceptors (Lipinski definition) is 9. The van der Waals surface area contributed by atoms with Gasteiger partial charge in [0.1, 0.15) is 23.4 Å². The van der Waals surface area contributed by atoms with Crippen molar-refractivity contribution < 1.29 is 37.0 Å². The van der Waals surface area contributed by atoms with Gasteiger partial charge in [-0.1, -0.05) is 0 Å². The van der Waals surface area contributed by atoms with Gasteiger partial charge in [-0.3, -0.25) is 14.4 Å². The molecule has 0 spiro atoms. The molecule has 1 aliphatic heterocycles. The highest BCUT2D eigenvalue weighted by Gasteiger charge is 2.46. The largest absolute Gasteiger partial charge is 0.494 e. The number of nitrogens with one attached hydrogen (secondary N) is 2. The summed E-state index contributed by atoms with van der Waals surface area (Å²) in [6.45, 7) is 6.24. The summed E-state index contributed by atoms with van der Waals surface area (Å²) >= 11 is 0. The van der Waals surface area contributed by atoms with Gasteiger partial charge in [0, 0.05) is 42.0 Å². The first-order valence-electron chi connectivity index (χ1n) is 15.7. The maximum atomic E-state index is 15.7. The third kappa shape index (κ3) is 7.14. The Hall–Kier alpha value is -5.24. The molecule has 4 aromatic rings. The number of halogens is 1. The van der Waals surface area contributed by atoms with Crippen LogP contribution >= 0.6 is 0 Å². The van der Waals surface area contributed by atoms with Crippen LogP contribution in [-0.2, 0) is 24.2 Å². The van der Waals surface area contributed by atoms with E-state index in [1.54, 1.807) is 31.2 Å². The Morgan fingerprint density at radius 1 is 1.08 bits per heavy atom. The van der Waals surface area contributed by atoms with Crippen molar-refractivity contribution in [2.24, 2.45) is 5.92 Å². The predicted molar refractivity (Wildman–Crippen MR) is 183 cm³/mol. The Morgan fingerprint density at radius 3 is 2.49 bits per heavy atom. The Bertz CT molecular complexity index is 2040. The number of amides is 2. The molecule has 3 atom stereocenters. The summed E-state index contributed by atoms with van der Waals surface area (Å²) in [7, 11) is -4.00. The number of hydrogen-bond donors (Lipinski definition) is 4. The number of sulfone groups is 1. The number of fused-ring (bicyclic) bond motifs is 1. The van der Waals surface area contributed by atoms with Crippen molar-refractivity contribution >= 4 is 55.6 Å². The highest BCUT2D eigenvalue weighted by molar-refractivity contribution is 7.92. The lowest BCUT2D eigenvalue weighted by Crippen LogP contribution is -2.40. The fourth-order valence-corrected chi connectivity index (χ4v) is 7.43. The van der Waals surface area contributed by atoms with Gasteiger partial charge in [-0.05, 0) is 98.8 Å². The lowest BCUT2D eigenvalue weighted by molar-refractivity contribution is -0.143. The van der Waals surface area contributed by atoms with E-state index in [2.05, 4.69) is 15.6 Å². The molecule has 5 rings (SSSR count). The molecule has 1 fully saturated rings. The van der Waals surface area contributed by atoms with Crippen molar-refractivity contribution in [3.05, 3.63) is 83.8 Å². The number of carbonyl (C=O) groups excluding carboxylic acids is 2. The van der Waals surface area contributed by atoms with Gasteiger partial charge in [0.05, 0.1) is 28.7 Å². The Balaban J connectivity index is 1.68. The van der Waals surface area contributed by atoms with Crippen LogP contribution < -0.4 is 21.1 Å². The molecule has 0 bridgehead atoms. The van der Waals surface area contributed by atoms with Crippen molar-refractivity contribution in [3.8, 4) is 5.75 Å². The number of likely N-dealkylation sites (tertiary alicyclic amines) is 1. The number of carbonyl (C=O) groups is 3.